The summed E-state index contributed by atoms with van der Waals surface area (Å²) in [6.07, 6.45) is 2.61. The lowest BCUT2D eigenvalue weighted by Gasteiger charge is -1.94. The van der Waals surface area contributed by atoms with Crippen molar-refractivity contribution in [3.63, 3.8) is 0 Å². The van der Waals surface area contributed by atoms with Crippen molar-refractivity contribution in [3.05, 3.63) is 48.2 Å². The highest BCUT2D eigenvalue weighted by Gasteiger charge is 2.13. The number of hydrogen-bond donors (Lipinski definition) is 1. The first-order valence-corrected chi connectivity index (χ1v) is 5.75. The van der Waals surface area contributed by atoms with Gasteiger partial charge in [-0.1, -0.05) is 18.2 Å². The molecule has 4 rings (SSSR count). The molecule has 2 aromatic carbocycles. The molecule has 0 spiro atoms. The van der Waals surface area contributed by atoms with Gasteiger partial charge < -0.3 is 9.40 Å². The summed E-state index contributed by atoms with van der Waals surface area (Å²) in [7, 11) is 0. The smallest absolute Gasteiger partial charge is 0.152 e. The Morgan fingerprint density at radius 3 is 2.78 bits per heavy atom. The molecular weight excluding hydrogens is 226 g/mol. The summed E-state index contributed by atoms with van der Waals surface area (Å²) in [6.45, 7) is 0. The highest BCUT2D eigenvalue weighted by atomic mass is 16.3. The average Bonchev–Trinajstić information content (AvgIpc) is 2.98. The van der Waals surface area contributed by atoms with Crippen LogP contribution in [0.5, 0.6) is 0 Å². The molecule has 4 aromatic rings. The Morgan fingerprint density at radius 2 is 1.89 bits per heavy atom. The van der Waals surface area contributed by atoms with Gasteiger partial charge in [-0.3, -0.25) is 4.79 Å². The van der Waals surface area contributed by atoms with Gasteiger partial charge in [0.1, 0.15) is 11.2 Å². The molecule has 0 aliphatic rings. The Hall–Kier alpha value is -2.55. The van der Waals surface area contributed by atoms with Crippen molar-refractivity contribution < 1.29 is 9.21 Å². The van der Waals surface area contributed by atoms with Gasteiger partial charge in [-0.2, -0.15) is 0 Å². The lowest BCUT2D eigenvalue weighted by Crippen LogP contribution is -1.76. The molecule has 1 N–H and O–H groups in total. The first kappa shape index (κ1) is 9.48. The van der Waals surface area contributed by atoms with Crippen LogP contribution in [0.25, 0.3) is 32.8 Å². The second-order valence-corrected chi connectivity index (χ2v) is 4.32. The van der Waals surface area contributed by atoms with E-state index in [1.165, 1.54) is 0 Å². The normalized spacial score (nSPS) is 11.6. The highest BCUT2D eigenvalue weighted by Crippen LogP contribution is 2.35. The largest absolute Gasteiger partial charge is 0.456 e. The van der Waals surface area contributed by atoms with Crippen molar-refractivity contribution in [2.45, 2.75) is 0 Å². The third-order valence-electron chi connectivity index (χ3n) is 3.34. The maximum absolute atomic E-state index is 11.1. The van der Waals surface area contributed by atoms with E-state index < -0.39 is 0 Å². The standard InChI is InChI=1S/C15H9NO2/c17-8-9-7-16-11-5-6-13-15(14(9)11)10-3-1-2-4-12(10)18-13/h1-8,16H. The van der Waals surface area contributed by atoms with Crippen LogP contribution in [-0.4, -0.2) is 11.3 Å². The van der Waals surface area contributed by atoms with E-state index in [-0.39, 0.29) is 0 Å². The molecule has 3 nitrogen and oxygen atoms in total. The van der Waals surface area contributed by atoms with Gasteiger partial charge in [0.15, 0.2) is 6.29 Å². The number of carbonyl (C=O) groups is 1. The van der Waals surface area contributed by atoms with Gasteiger partial charge in [-0.25, -0.2) is 0 Å². The zero-order valence-corrected chi connectivity index (χ0v) is 9.44. The third-order valence-corrected chi connectivity index (χ3v) is 3.34. The van der Waals surface area contributed by atoms with Crippen molar-refractivity contribution in [2.75, 3.05) is 0 Å². The van der Waals surface area contributed by atoms with Gasteiger partial charge in [-0.15, -0.1) is 0 Å². The van der Waals surface area contributed by atoms with E-state index in [0.717, 1.165) is 39.1 Å². The second-order valence-electron chi connectivity index (χ2n) is 4.32. The number of hydrogen-bond acceptors (Lipinski definition) is 2. The predicted octanol–water partition coefficient (Wildman–Crippen LogP) is 3.88. The molecule has 0 fully saturated rings. The number of aromatic amines is 1. The van der Waals surface area contributed by atoms with Crippen molar-refractivity contribution >= 4 is 39.1 Å². The van der Waals surface area contributed by atoms with Crippen LogP contribution in [-0.2, 0) is 0 Å². The topological polar surface area (TPSA) is 46.0 Å². The minimum atomic E-state index is 0.669. The van der Waals surface area contributed by atoms with Gasteiger partial charge in [0.25, 0.3) is 0 Å². The maximum atomic E-state index is 11.1. The van der Waals surface area contributed by atoms with Gasteiger partial charge in [0, 0.05) is 33.4 Å². The first-order chi connectivity index (χ1) is 8.88. The van der Waals surface area contributed by atoms with Crippen molar-refractivity contribution in [3.8, 4) is 0 Å². The van der Waals surface area contributed by atoms with Crippen LogP contribution in [0, 0.1) is 0 Å². The van der Waals surface area contributed by atoms with Crippen molar-refractivity contribution in [1.29, 1.82) is 0 Å². The molecule has 18 heavy (non-hydrogen) atoms. The zero-order chi connectivity index (χ0) is 12.1. The van der Waals surface area contributed by atoms with Crippen molar-refractivity contribution in [2.24, 2.45) is 0 Å². The summed E-state index contributed by atoms with van der Waals surface area (Å²) in [5.41, 5.74) is 3.28. The van der Waals surface area contributed by atoms with E-state index in [1.807, 2.05) is 36.4 Å². The van der Waals surface area contributed by atoms with Crippen LogP contribution >= 0.6 is 0 Å². The van der Waals surface area contributed by atoms with Crippen LogP contribution in [0.2, 0.25) is 0 Å². The molecule has 0 bridgehead atoms. The van der Waals surface area contributed by atoms with Crippen LogP contribution in [0.1, 0.15) is 10.4 Å². The van der Waals surface area contributed by atoms with Crippen molar-refractivity contribution in [1.82, 2.24) is 4.98 Å². The van der Waals surface area contributed by atoms with Crippen LogP contribution in [0.15, 0.2) is 47.0 Å². The fourth-order valence-corrected chi connectivity index (χ4v) is 2.56. The fourth-order valence-electron chi connectivity index (χ4n) is 2.56. The molecule has 0 saturated carbocycles. The van der Waals surface area contributed by atoms with E-state index in [0.29, 0.717) is 5.56 Å². The van der Waals surface area contributed by atoms with E-state index in [1.54, 1.807) is 6.20 Å². The Balaban J connectivity index is 2.39. The molecule has 0 saturated heterocycles. The summed E-state index contributed by atoms with van der Waals surface area (Å²) in [4.78, 5) is 14.2. The van der Waals surface area contributed by atoms with Crippen LogP contribution in [0.4, 0.5) is 0 Å². The lowest BCUT2D eigenvalue weighted by atomic mass is 10.1. The van der Waals surface area contributed by atoms with Crippen LogP contribution < -0.4 is 0 Å². The number of aromatic nitrogens is 1. The molecule has 0 amide bonds. The molecule has 2 aromatic heterocycles. The van der Waals surface area contributed by atoms with Crippen LogP contribution in [0.3, 0.4) is 0 Å². The number of furan rings is 1. The predicted molar refractivity (Wildman–Crippen MR) is 71.0 cm³/mol. The van der Waals surface area contributed by atoms with Gasteiger partial charge in [0.2, 0.25) is 0 Å². The van der Waals surface area contributed by atoms with E-state index >= 15 is 0 Å². The number of nitrogens with one attached hydrogen (secondary N) is 1. The average molecular weight is 235 g/mol. The molecule has 3 heteroatoms. The molecule has 0 aliphatic carbocycles. The van der Waals surface area contributed by atoms with E-state index in [4.69, 9.17) is 4.42 Å². The SMILES string of the molecule is O=Cc1c[nH]c2ccc3oc4ccccc4c3c12. The third kappa shape index (κ3) is 1.06. The molecule has 86 valence electrons. The molecule has 2 heterocycles. The first-order valence-electron chi connectivity index (χ1n) is 5.75. The minimum Gasteiger partial charge on any atom is -0.456 e. The van der Waals surface area contributed by atoms with Gasteiger partial charge in [-0.05, 0) is 18.2 Å². The van der Waals surface area contributed by atoms with E-state index in [9.17, 15) is 4.79 Å². The number of fused-ring (bicyclic) bond motifs is 5. The molecular formula is C15H9NO2. The number of benzene rings is 2. The summed E-state index contributed by atoms with van der Waals surface area (Å²) in [5.74, 6) is 0. The lowest BCUT2D eigenvalue weighted by molar-refractivity contribution is 0.112. The van der Waals surface area contributed by atoms with Gasteiger partial charge >= 0.3 is 0 Å². The Bertz CT molecular complexity index is 899. The summed E-state index contributed by atoms with van der Waals surface area (Å²) >= 11 is 0. The Labute approximate surface area is 102 Å². The highest BCUT2D eigenvalue weighted by molar-refractivity contribution is 6.21. The Kier molecular flexibility index (Phi) is 1.70. The fraction of sp³-hybridized carbons (Fsp3) is 0. The number of H-pyrrole nitrogens is 1. The van der Waals surface area contributed by atoms with Gasteiger partial charge in [0.05, 0.1) is 0 Å². The summed E-state index contributed by atoms with van der Waals surface area (Å²) in [5, 5.41) is 2.99. The summed E-state index contributed by atoms with van der Waals surface area (Å²) in [6, 6.07) is 11.7. The number of para-hydroxylation sites is 1. The minimum absolute atomic E-state index is 0.669. The maximum Gasteiger partial charge on any atom is 0.152 e. The Morgan fingerprint density at radius 1 is 1.00 bits per heavy atom. The quantitative estimate of drug-likeness (QED) is 0.509. The second kappa shape index (κ2) is 3.23. The molecule has 0 atom stereocenters. The number of carbonyl (C=O) groups excluding carboxylic acids is 1. The summed E-state index contributed by atoms with van der Waals surface area (Å²) < 4.78 is 5.80. The molecule has 0 radical (unpaired) electrons. The molecule has 0 aliphatic heterocycles. The van der Waals surface area contributed by atoms with E-state index in [2.05, 4.69) is 4.98 Å². The number of aldehydes is 1. The monoisotopic (exact) mass is 235 g/mol. The number of rotatable bonds is 1. The molecule has 0 unspecified atom stereocenters. The zero-order valence-electron chi connectivity index (χ0n) is 9.44.